The van der Waals surface area contributed by atoms with Gasteiger partial charge in [0, 0.05) is 10.7 Å². The molecule has 0 bridgehead atoms. The quantitative estimate of drug-likeness (QED) is 0.545. The van der Waals surface area contributed by atoms with Crippen LogP contribution in [0, 0.1) is 19.8 Å². The van der Waals surface area contributed by atoms with Crippen molar-refractivity contribution in [1.29, 1.82) is 0 Å². The van der Waals surface area contributed by atoms with Crippen LogP contribution < -0.4 is 4.90 Å². The second-order valence-corrected chi connectivity index (χ2v) is 10.2. The van der Waals surface area contributed by atoms with E-state index in [0.29, 0.717) is 16.1 Å². The molecule has 2 aromatic carbocycles. The van der Waals surface area contributed by atoms with Crippen LogP contribution in [0.15, 0.2) is 52.4 Å². The monoisotopic (exact) mass is 469 g/mol. The van der Waals surface area contributed by atoms with Crippen molar-refractivity contribution in [2.75, 3.05) is 10.7 Å². The van der Waals surface area contributed by atoms with Gasteiger partial charge in [0.1, 0.15) is 5.54 Å². The van der Waals surface area contributed by atoms with E-state index in [1.54, 1.807) is 0 Å². The Labute approximate surface area is 198 Å². The van der Waals surface area contributed by atoms with E-state index in [9.17, 15) is 9.90 Å². The number of carboxylic acids is 1. The van der Waals surface area contributed by atoms with Crippen molar-refractivity contribution < 1.29 is 9.90 Å². The number of thioether (sulfide) groups is 1. The molecule has 0 unspecified atom stereocenters. The summed E-state index contributed by atoms with van der Waals surface area (Å²) in [6, 6.07) is 13.9. The molecule has 1 heterocycles. The topological polar surface area (TPSA) is 65.3 Å². The Bertz CT molecular complexity index is 1050. The standard InChI is InChI=1S/C25H28ClN3O2S/c1-16-11-13-25(14-12-16)23(27-22-17(2)5-4-6-18(22)3)28-24(32-15-21(30)31)29(25)20-9-7-19(26)8-10-20/h4-10,16H,11-15H2,1-3H3,(H,30,31). The molecule has 4 rings (SSSR count). The predicted octanol–water partition coefficient (Wildman–Crippen LogP) is 6.63. The van der Waals surface area contributed by atoms with Gasteiger partial charge in [-0.25, -0.2) is 9.98 Å². The molecule has 0 atom stereocenters. The Balaban J connectivity index is 1.87. The zero-order valence-corrected chi connectivity index (χ0v) is 20.2. The van der Waals surface area contributed by atoms with Gasteiger partial charge in [-0.05, 0) is 80.8 Å². The van der Waals surface area contributed by atoms with Crippen LogP contribution in [0.4, 0.5) is 11.4 Å². The molecule has 1 N–H and O–H groups in total. The lowest BCUT2D eigenvalue weighted by atomic mass is 9.75. The van der Waals surface area contributed by atoms with Gasteiger partial charge < -0.3 is 10.0 Å². The van der Waals surface area contributed by atoms with Crippen molar-refractivity contribution in [2.24, 2.45) is 15.9 Å². The summed E-state index contributed by atoms with van der Waals surface area (Å²) < 4.78 is 0. The molecular weight excluding hydrogens is 442 g/mol. The minimum absolute atomic E-state index is 0.0495. The fourth-order valence-corrected chi connectivity index (χ4v) is 5.54. The number of hydrogen-bond acceptors (Lipinski definition) is 4. The highest BCUT2D eigenvalue weighted by Gasteiger charge is 2.50. The van der Waals surface area contributed by atoms with E-state index < -0.39 is 11.5 Å². The Morgan fingerprint density at radius 3 is 2.41 bits per heavy atom. The van der Waals surface area contributed by atoms with Crippen LogP contribution in [-0.4, -0.2) is 33.4 Å². The van der Waals surface area contributed by atoms with E-state index in [1.807, 2.05) is 30.3 Å². The van der Waals surface area contributed by atoms with Gasteiger partial charge in [-0.3, -0.25) is 4.79 Å². The summed E-state index contributed by atoms with van der Waals surface area (Å²) in [6.07, 6.45) is 3.98. The number of para-hydroxylation sites is 1. The molecule has 5 nitrogen and oxygen atoms in total. The van der Waals surface area contributed by atoms with Crippen molar-refractivity contribution in [2.45, 2.75) is 52.0 Å². The third kappa shape index (κ3) is 4.44. The van der Waals surface area contributed by atoms with E-state index in [4.69, 9.17) is 21.6 Å². The van der Waals surface area contributed by atoms with Crippen LogP contribution in [0.5, 0.6) is 0 Å². The van der Waals surface area contributed by atoms with Crippen LogP contribution >= 0.6 is 23.4 Å². The molecule has 32 heavy (non-hydrogen) atoms. The first kappa shape index (κ1) is 22.9. The minimum atomic E-state index is -0.861. The normalized spacial score (nSPS) is 24.2. The fraction of sp³-hybridized carbons (Fsp3) is 0.400. The molecule has 2 aromatic rings. The molecule has 1 aliphatic carbocycles. The van der Waals surface area contributed by atoms with Gasteiger partial charge in [0.15, 0.2) is 11.0 Å². The second-order valence-electron chi connectivity index (χ2n) is 8.78. The maximum Gasteiger partial charge on any atom is 0.313 e. The number of aryl methyl sites for hydroxylation is 2. The summed E-state index contributed by atoms with van der Waals surface area (Å²) in [5.74, 6) is 0.515. The first-order valence-corrected chi connectivity index (χ1v) is 12.3. The van der Waals surface area contributed by atoms with Gasteiger partial charge in [0.05, 0.1) is 11.4 Å². The molecule has 2 aliphatic rings. The van der Waals surface area contributed by atoms with Crippen LogP contribution in [-0.2, 0) is 4.79 Å². The molecule has 168 valence electrons. The summed E-state index contributed by atoms with van der Waals surface area (Å²) in [6.45, 7) is 6.42. The van der Waals surface area contributed by atoms with Gasteiger partial charge in [0.2, 0.25) is 0 Å². The van der Waals surface area contributed by atoms with E-state index in [0.717, 1.165) is 54.0 Å². The summed E-state index contributed by atoms with van der Waals surface area (Å²) in [5.41, 5.74) is 3.74. The highest BCUT2D eigenvalue weighted by molar-refractivity contribution is 8.14. The number of halogens is 1. The number of rotatable bonds is 4. The fourth-order valence-electron chi connectivity index (χ4n) is 4.60. The smallest absolute Gasteiger partial charge is 0.313 e. The number of carbonyl (C=O) groups is 1. The van der Waals surface area contributed by atoms with Gasteiger partial charge in [-0.15, -0.1) is 0 Å². The summed E-state index contributed by atoms with van der Waals surface area (Å²) in [5, 5.41) is 10.7. The number of aliphatic carboxylic acids is 1. The predicted molar refractivity (Wildman–Crippen MR) is 135 cm³/mol. The Morgan fingerprint density at radius 1 is 1.19 bits per heavy atom. The van der Waals surface area contributed by atoms with E-state index in [2.05, 4.69) is 37.8 Å². The zero-order chi connectivity index (χ0) is 22.9. The van der Waals surface area contributed by atoms with Gasteiger partial charge in [0.25, 0.3) is 0 Å². The average molecular weight is 470 g/mol. The van der Waals surface area contributed by atoms with Gasteiger partial charge >= 0.3 is 5.97 Å². The number of carboxylic acid groups (broad SMARTS) is 1. The van der Waals surface area contributed by atoms with Crippen LogP contribution in [0.1, 0.15) is 43.7 Å². The van der Waals surface area contributed by atoms with Crippen LogP contribution in [0.3, 0.4) is 0 Å². The first-order chi connectivity index (χ1) is 15.3. The Morgan fingerprint density at radius 2 is 1.81 bits per heavy atom. The lowest BCUT2D eigenvalue weighted by molar-refractivity contribution is -0.133. The maximum atomic E-state index is 11.4. The van der Waals surface area contributed by atoms with Crippen molar-refractivity contribution in [3.63, 3.8) is 0 Å². The largest absolute Gasteiger partial charge is 0.481 e. The molecule has 1 fully saturated rings. The van der Waals surface area contributed by atoms with Gasteiger partial charge in [-0.2, -0.15) is 0 Å². The van der Waals surface area contributed by atoms with Crippen molar-refractivity contribution in [3.8, 4) is 0 Å². The van der Waals surface area contributed by atoms with E-state index >= 15 is 0 Å². The highest BCUT2D eigenvalue weighted by Crippen LogP contribution is 2.46. The highest BCUT2D eigenvalue weighted by atomic mass is 35.5. The number of hydrogen-bond donors (Lipinski definition) is 1. The summed E-state index contributed by atoms with van der Waals surface area (Å²) >= 11 is 7.42. The second kappa shape index (κ2) is 9.28. The van der Waals surface area contributed by atoms with Crippen molar-refractivity contribution >= 4 is 51.7 Å². The molecule has 0 radical (unpaired) electrons. The third-order valence-corrected chi connectivity index (χ3v) is 7.58. The van der Waals surface area contributed by atoms with Crippen molar-refractivity contribution in [1.82, 2.24) is 0 Å². The number of nitrogens with zero attached hydrogens (tertiary/aromatic N) is 3. The number of benzene rings is 2. The zero-order valence-electron chi connectivity index (χ0n) is 18.6. The van der Waals surface area contributed by atoms with E-state index in [-0.39, 0.29) is 5.75 Å². The number of anilines is 1. The summed E-state index contributed by atoms with van der Waals surface area (Å²) in [4.78, 5) is 23.7. The molecule has 0 amide bonds. The molecule has 1 saturated carbocycles. The molecule has 1 aliphatic heterocycles. The molecule has 1 spiro atoms. The van der Waals surface area contributed by atoms with Gasteiger partial charge in [-0.1, -0.05) is 48.5 Å². The van der Waals surface area contributed by atoms with Crippen LogP contribution in [0.25, 0.3) is 0 Å². The lowest BCUT2D eigenvalue weighted by Gasteiger charge is -2.44. The molecular formula is C25H28ClN3O2S. The van der Waals surface area contributed by atoms with Crippen molar-refractivity contribution in [3.05, 3.63) is 58.6 Å². The average Bonchev–Trinajstić information content (AvgIpc) is 3.05. The number of amidine groups is 2. The molecule has 0 saturated heterocycles. The van der Waals surface area contributed by atoms with E-state index in [1.165, 1.54) is 11.8 Å². The Hall–Kier alpha value is -2.31. The first-order valence-electron chi connectivity index (χ1n) is 10.9. The van der Waals surface area contributed by atoms with Crippen LogP contribution in [0.2, 0.25) is 5.02 Å². The third-order valence-electron chi connectivity index (χ3n) is 6.41. The minimum Gasteiger partial charge on any atom is -0.481 e. The summed E-state index contributed by atoms with van der Waals surface area (Å²) in [7, 11) is 0. The maximum absolute atomic E-state index is 11.4. The molecule has 7 heteroatoms. The molecule has 0 aromatic heterocycles. The SMILES string of the molecule is Cc1cccc(C)c1N=C1N=C(SCC(=O)O)N(c2ccc(Cl)cc2)C12CCC(C)CC2. The Kier molecular flexibility index (Phi) is 6.63. The number of aliphatic imine (C=N–C) groups is 2. The lowest BCUT2D eigenvalue weighted by Crippen LogP contribution is -2.53.